The van der Waals surface area contributed by atoms with E-state index >= 15 is 0 Å². The van der Waals surface area contributed by atoms with Gasteiger partial charge in [-0.2, -0.15) is 0 Å². The van der Waals surface area contributed by atoms with Crippen LogP contribution in [-0.4, -0.2) is 13.2 Å². The van der Waals surface area contributed by atoms with Crippen LogP contribution in [0.5, 0.6) is 0 Å². The third-order valence-corrected chi connectivity index (χ3v) is 10.5. The van der Waals surface area contributed by atoms with Gasteiger partial charge in [0.15, 0.2) is 0 Å². The van der Waals surface area contributed by atoms with Gasteiger partial charge in [0.25, 0.3) is 0 Å². The van der Waals surface area contributed by atoms with E-state index in [0.717, 1.165) is 35.5 Å². The first kappa shape index (κ1) is 19.3. The Morgan fingerprint density at radius 3 is 2.38 bits per heavy atom. The van der Waals surface area contributed by atoms with E-state index in [1.165, 1.54) is 70.6 Å². The highest BCUT2D eigenvalue weighted by molar-refractivity contribution is 5.09. The zero-order valence-electron chi connectivity index (χ0n) is 18.2. The van der Waals surface area contributed by atoms with Gasteiger partial charge in [0, 0.05) is 7.11 Å². The Morgan fingerprint density at radius 1 is 0.923 bits per heavy atom. The lowest BCUT2D eigenvalue weighted by atomic mass is 9.44. The molecule has 0 amide bonds. The molecule has 0 radical (unpaired) electrons. The summed E-state index contributed by atoms with van der Waals surface area (Å²) in [6.07, 6.45) is 16.6. The van der Waals surface area contributed by atoms with E-state index in [-0.39, 0.29) is 0 Å². The van der Waals surface area contributed by atoms with Crippen molar-refractivity contribution < 1.29 is 4.74 Å². The Hall–Kier alpha value is -0.0400. The van der Waals surface area contributed by atoms with E-state index in [4.69, 9.17) is 4.74 Å². The van der Waals surface area contributed by atoms with Crippen LogP contribution in [0.2, 0.25) is 0 Å². The molecular weight excluding hydrogens is 316 g/mol. The van der Waals surface area contributed by atoms with E-state index < -0.39 is 0 Å². The largest absolute Gasteiger partial charge is 0.381 e. The molecule has 0 heterocycles. The highest BCUT2D eigenvalue weighted by Crippen LogP contribution is 2.68. The molecule has 9 unspecified atom stereocenters. The summed E-state index contributed by atoms with van der Waals surface area (Å²) in [6.45, 7) is 10.3. The van der Waals surface area contributed by atoms with Gasteiger partial charge in [0.05, 0.1) is 6.10 Å². The Bertz CT molecular complexity index is 500. The molecule has 4 fully saturated rings. The minimum absolute atomic E-state index is 0.546. The minimum atomic E-state index is 0.546. The zero-order chi connectivity index (χ0) is 18.5. The second-order valence-electron chi connectivity index (χ2n) is 11.3. The molecule has 4 saturated carbocycles. The summed E-state index contributed by atoms with van der Waals surface area (Å²) in [4.78, 5) is 0. The van der Waals surface area contributed by atoms with Crippen LogP contribution in [0.15, 0.2) is 0 Å². The van der Waals surface area contributed by atoms with Crippen LogP contribution in [-0.2, 0) is 4.74 Å². The van der Waals surface area contributed by atoms with E-state index in [2.05, 4.69) is 27.7 Å². The number of rotatable bonds is 4. The van der Waals surface area contributed by atoms with Gasteiger partial charge in [-0.1, -0.05) is 40.5 Å². The number of hydrogen-bond acceptors (Lipinski definition) is 1. The summed E-state index contributed by atoms with van der Waals surface area (Å²) < 4.78 is 5.77. The van der Waals surface area contributed by atoms with E-state index in [1.54, 1.807) is 0 Å². The summed E-state index contributed by atoms with van der Waals surface area (Å²) in [5.74, 6) is 5.95. The second-order valence-corrected chi connectivity index (χ2v) is 11.3. The molecule has 0 aromatic rings. The van der Waals surface area contributed by atoms with Crippen molar-refractivity contribution in [3.05, 3.63) is 0 Å². The van der Waals surface area contributed by atoms with Crippen molar-refractivity contribution in [1.29, 1.82) is 0 Å². The molecule has 9 atom stereocenters. The number of methoxy groups -OCH3 is 1. The average molecular weight is 361 g/mol. The Balaban J connectivity index is 1.54. The molecule has 0 bridgehead atoms. The number of ether oxygens (including phenoxy) is 1. The smallest absolute Gasteiger partial charge is 0.0574 e. The van der Waals surface area contributed by atoms with E-state index in [9.17, 15) is 0 Å². The fourth-order valence-electron chi connectivity index (χ4n) is 9.06. The second kappa shape index (κ2) is 7.09. The Labute approximate surface area is 163 Å². The van der Waals surface area contributed by atoms with Gasteiger partial charge in [-0.05, 0) is 104 Å². The summed E-state index contributed by atoms with van der Waals surface area (Å²) in [7, 11) is 1.93. The summed E-state index contributed by atoms with van der Waals surface area (Å²) in [5.41, 5.74) is 1.27. The van der Waals surface area contributed by atoms with Crippen molar-refractivity contribution in [3.8, 4) is 0 Å². The van der Waals surface area contributed by atoms with Gasteiger partial charge >= 0.3 is 0 Å². The normalized spacial score (nSPS) is 52.0. The lowest BCUT2D eigenvalue weighted by Crippen LogP contribution is -2.54. The van der Waals surface area contributed by atoms with Gasteiger partial charge in [0.2, 0.25) is 0 Å². The zero-order valence-corrected chi connectivity index (χ0v) is 18.2. The average Bonchev–Trinajstić information content (AvgIpc) is 2.98. The molecule has 26 heavy (non-hydrogen) atoms. The van der Waals surface area contributed by atoms with Gasteiger partial charge in [-0.15, -0.1) is 0 Å². The molecule has 4 rings (SSSR count). The maximum atomic E-state index is 5.77. The van der Waals surface area contributed by atoms with Crippen LogP contribution in [0, 0.1) is 46.3 Å². The third-order valence-electron chi connectivity index (χ3n) is 10.5. The Morgan fingerprint density at radius 2 is 1.65 bits per heavy atom. The first-order valence-corrected chi connectivity index (χ1v) is 12.0. The number of fused-ring (bicyclic) bond motifs is 5. The predicted octanol–water partition coefficient (Wildman–Crippen LogP) is 7.10. The lowest BCUT2D eigenvalue weighted by Gasteiger charge is -2.61. The summed E-state index contributed by atoms with van der Waals surface area (Å²) >= 11 is 0. The number of hydrogen-bond donors (Lipinski definition) is 0. The molecule has 1 heteroatoms. The van der Waals surface area contributed by atoms with Crippen LogP contribution in [0.25, 0.3) is 0 Å². The van der Waals surface area contributed by atoms with Crippen molar-refractivity contribution in [1.82, 2.24) is 0 Å². The maximum absolute atomic E-state index is 5.77. The molecule has 4 aliphatic carbocycles. The molecule has 0 saturated heterocycles. The molecule has 1 nitrogen and oxygen atoms in total. The van der Waals surface area contributed by atoms with Gasteiger partial charge in [-0.25, -0.2) is 0 Å². The fourth-order valence-corrected chi connectivity index (χ4v) is 9.06. The minimum Gasteiger partial charge on any atom is -0.381 e. The topological polar surface area (TPSA) is 9.23 Å². The lowest BCUT2D eigenvalue weighted by molar-refractivity contribution is -0.133. The maximum Gasteiger partial charge on any atom is 0.0574 e. The van der Waals surface area contributed by atoms with Gasteiger partial charge in [0.1, 0.15) is 0 Å². The van der Waals surface area contributed by atoms with E-state index in [1.807, 2.05) is 7.11 Å². The SMILES string of the molecule is CCCC(C)C1CCC2C3CCC4CC(OC)CCC4(C)C3CCC12C. The van der Waals surface area contributed by atoms with Crippen molar-refractivity contribution in [2.75, 3.05) is 7.11 Å². The Kier molecular flexibility index (Phi) is 5.26. The van der Waals surface area contributed by atoms with E-state index in [0.29, 0.717) is 16.9 Å². The highest BCUT2D eigenvalue weighted by Gasteiger charge is 2.60. The molecule has 0 aliphatic heterocycles. The predicted molar refractivity (Wildman–Crippen MR) is 110 cm³/mol. The standard InChI is InChI=1S/C25H44O/c1-6-7-17(2)21-10-11-22-20-9-8-18-16-19(26-5)12-14-24(18,3)23(20)13-15-25(21,22)4/h17-23H,6-16H2,1-5H3. The molecule has 150 valence electrons. The fraction of sp³-hybridized carbons (Fsp3) is 1.00. The first-order valence-electron chi connectivity index (χ1n) is 12.0. The third kappa shape index (κ3) is 2.82. The van der Waals surface area contributed by atoms with Crippen molar-refractivity contribution >= 4 is 0 Å². The first-order chi connectivity index (χ1) is 12.4. The molecule has 0 spiro atoms. The van der Waals surface area contributed by atoms with Crippen molar-refractivity contribution in [3.63, 3.8) is 0 Å². The van der Waals surface area contributed by atoms with Crippen LogP contribution in [0.4, 0.5) is 0 Å². The molecule has 4 aliphatic rings. The highest BCUT2D eigenvalue weighted by atomic mass is 16.5. The summed E-state index contributed by atoms with van der Waals surface area (Å²) in [6, 6.07) is 0. The van der Waals surface area contributed by atoms with Crippen LogP contribution in [0.1, 0.15) is 98.3 Å². The summed E-state index contributed by atoms with van der Waals surface area (Å²) in [5, 5.41) is 0. The monoisotopic (exact) mass is 360 g/mol. The molecule has 0 aromatic carbocycles. The quantitative estimate of drug-likeness (QED) is 0.519. The molecule has 0 aromatic heterocycles. The van der Waals surface area contributed by atoms with Crippen LogP contribution >= 0.6 is 0 Å². The van der Waals surface area contributed by atoms with Crippen molar-refractivity contribution in [2.24, 2.45) is 46.3 Å². The van der Waals surface area contributed by atoms with Crippen LogP contribution < -0.4 is 0 Å². The van der Waals surface area contributed by atoms with Gasteiger partial charge in [-0.3, -0.25) is 0 Å². The molecular formula is C25H44O. The van der Waals surface area contributed by atoms with Crippen molar-refractivity contribution in [2.45, 2.75) is 104 Å². The van der Waals surface area contributed by atoms with Crippen LogP contribution in [0.3, 0.4) is 0 Å². The molecule has 0 N–H and O–H groups in total. The van der Waals surface area contributed by atoms with Gasteiger partial charge < -0.3 is 4.74 Å².